The fourth-order valence-electron chi connectivity index (χ4n) is 3.02. The minimum absolute atomic E-state index is 0.128. The van der Waals surface area contributed by atoms with Gasteiger partial charge in [0, 0.05) is 37.0 Å². The molecule has 0 saturated carbocycles. The molecular formula is C18H16F2N4O. The summed E-state index contributed by atoms with van der Waals surface area (Å²) in [6.45, 7) is 3.11. The largest absolute Gasteiger partial charge is 0.381 e. The van der Waals surface area contributed by atoms with E-state index in [9.17, 15) is 8.78 Å². The van der Waals surface area contributed by atoms with Crippen molar-refractivity contribution in [3.63, 3.8) is 0 Å². The van der Waals surface area contributed by atoms with Gasteiger partial charge in [0.05, 0.1) is 5.69 Å². The van der Waals surface area contributed by atoms with Crippen molar-refractivity contribution in [3.05, 3.63) is 47.5 Å². The number of aryl methyl sites for hydroxylation is 1. The molecule has 1 aliphatic rings. The predicted octanol–water partition coefficient (Wildman–Crippen LogP) is 3.57. The number of hydrogen-bond donors (Lipinski definition) is 0. The maximum Gasteiger partial charge on any atom is 0.182 e. The van der Waals surface area contributed by atoms with E-state index < -0.39 is 11.6 Å². The second kappa shape index (κ2) is 6.40. The maximum absolute atomic E-state index is 14.3. The molecule has 5 nitrogen and oxygen atoms in total. The van der Waals surface area contributed by atoms with E-state index in [1.807, 2.05) is 6.92 Å². The van der Waals surface area contributed by atoms with Gasteiger partial charge in [-0.05, 0) is 31.9 Å². The average Bonchev–Trinajstić information content (AvgIpc) is 2.61. The highest BCUT2D eigenvalue weighted by molar-refractivity contribution is 5.86. The van der Waals surface area contributed by atoms with E-state index in [4.69, 9.17) is 4.74 Å². The first-order valence-electron chi connectivity index (χ1n) is 8.16. The zero-order chi connectivity index (χ0) is 17.4. The molecule has 4 rings (SSSR count). The normalized spacial score (nSPS) is 15.6. The third-order valence-electron chi connectivity index (χ3n) is 4.32. The van der Waals surface area contributed by atoms with E-state index >= 15 is 0 Å². The molecule has 0 amide bonds. The molecule has 1 aliphatic heterocycles. The first-order chi connectivity index (χ1) is 12.1. The van der Waals surface area contributed by atoms with Crippen molar-refractivity contribution < 1.29 is 13.5 Å². The summed E-state index contributed by atoms with van der Waals surface area (Å²) in [6, 6.07) is 3.43. The molecule has 0 spiro atoms. The van der Waals surface area contributed by atoms with Crippen LogP contribution in [0.4, 0.5) is 8.78 Å². The van der Waals surface area contributed by atoms with E-state index in [0.29, 0.717) is 35.9 Å². The van der Waals surface area contributed by atoms with Gasteiger partial charge in [0.2, 0.25) is 0 Å². The maximum atomic E-state index is 14.3. The van der Waals surface area contributed by atoms with Crippen molar-refractivity contribution in [1.82, 2.24) is 19.9 Å². The van der Waals surface area contributed by atoms with Gasteiger partial charge in [-0.1, -0.05) is 0 Å². The van der Waals surface area contributed by atoms with E-state index in [1.54, 1.807) is 6.20 Å². The number of aromatic nitrogens is 4. The van der Waals surface area contributed by atoms with Gasteiger partial charge < -0.3 is 4.74 Å². The molecular weight excluding hydrogens is 326 g/mol. The van der Waals surface area contributed by atoms with Gasteiger partial charge in [0.15, 0.2) is 5.65 Å². The molecule has 128 valence electrons. The minimum Gasteiger partial charge on any atom is -0.381 e. The Hall–Kier alpha value is -2.54. The van der Waals surface area contributed by atoms with Crippen molar-refractivity contribution in [2.75, 3.05) is 13.2 Å². The first-order valence-corrected chi connectivity index (χ1v) is 8.16. The number of nitrogens with zero attached hydrogens (tertiary/aromatic N) is 4. The van der Waals surface area contributed by atoms with Crippen LogP contribution in [0.3, 0.4) is 0 Å². The summed E-state index contributed by atoms with van der Waals surface area (Å²) in [6.07, 6.45) is 3.19. The molecule has 1 fully saturated rings. The summed E-state index contributed by atoms with van der Waals surface area (Å²) < 4.78 is 33.0. The Morgan fingerprint density at radius 2 is 1.88 bits per heavy atom. The summed E-state index contributed by atoms with van der Waals surface area (Å²) in [5.74, 6) is -0.580. The standard InChI is InChI=1S/C18H16F2N4O/c1-10-9-21-16-15(13-3-2-12(19)8-14(13)20)23-17(24-18(16)22-10)11-4-6-25-7-5-11/h2-3,8-9,11H,4-7H2,1H3. The van der Waals surface area contributed by atoms with Crippen molar-refractivity contribution in [2.24, 2.45) is 0 Å². The van der Waals surface area contributed by atoms with Gasteiger partial charge in [-0.3, -0.25) is 0 Å². The van der Waals surface area contributed by atoms with Gasteiger partial charge in [0.1, 0.15) is 28.7 Å². The summed E-state index contributed by atoms with van der Waals surface area (Å²) in [7, 11) is 0. The predicted molar refractivity (Wildman–Crippen MR) is 88.0 cm³/mol. The Balaban J connectivity index is 1.94. The van der Waals surface area contributed by atoms with E-state index in [2.05, 4.69) is 19.9 Å². The molecule has 0 aliphatic carbocycles. The van der Waals surface area contributed by atoms with Crippen LogP contribution >= 0.6 is 0 Å². The van der Waals surface area contributed by atoms with Crippen LogP contribution in [0.1, 0.15) is 30.3 Å². The summed E-state index contributed by atoms with van der Waals surface area (Å²) in [4.78, 5) is 17.9. The molecule has 0 atom stereocenters. The minimum atomic E-state index is -0.680. The van der Waals surface area contributed by atoms with Crippen LogP contribution in [0.5, 0.6) is 0 Å². The summed E-state index contributed by atoms with van der Waals surface area (Å²) in [5.41, 5.74) is 2.09. The number of benzene rings is 1. The third-order valence-corrected chi connectivity index (χ3v) is 4.32. The van der Waals surface area contributed by atoms with Crippen LogP contribution in [-0.4, -0.2) is 33.1 Å². The lowest BCUT2D eigenvalue weighted by Crippen LogP contribution is -2.17. The Labute approximate surface area is 143 Å². The fourth-order valence-corrected chi connectivity index (χ4v) is 3.02. The number of hydrogen-bond acceptors (Lipinski definition) is 5. The van der Waals surface area contributed by atoms with Crippen molar-refractivity contribution in [3.8, 4) is 11.3 Å². The smallest absolute Gasteiger partial charge is 0.182 e. The quantitative estimate of drug-likeness (QED) is 0.712. The Morgan fingerprint density at radius 1 is 1.08 bits per heavy atom. The zero-order valence-corrected chi connectivity index (χ0v) is 13.7. The van der Waals surface area contributed by atoms with E-state index in [1.165, 1.54) is 12.1 Å². The van der Waals surface area contributed by atoms with Gasteiger partial charge in [-0.15, -0.1) is 0 Å². The molecule has 0 unspecified atom stereocenters. The van der Waals surface area contributed by atoms with Gasteiger partial charge in [-0.25, -0.2) is 28.7 Å². The number of halogens is 2. The summed E-state index contributed by atoms with van der Waals surface area (Å²) in [5, 5.41) is 0. The Morgan fingerprint density at radius 3 is 2.64 bits per heavy atom. The molecule has 3 heterocycles. The monoisotopic (exact) mass is 342 g/mol. The molecule has 7 heteroatoms. The number of ether oxygens (including phenoxy) is 1. The van der Waals surface area contributed by atoms with Crippen LogP contribution < -0.4 is 0 Å². The molecule has 3 aromatic rings. The van der Waals surface area contributed by atoms with Gasteiger partial charge in [-0.2, -0.15) is 0 Å². The van der Waals surface area contributed by atoms with Crippen LogP contribution in [0.2, 0.25) is 0 Å². The lowest BCUT2D eigenvalue weighted by molar-refractivity contribution is 0.0836. The average molecular weight is 342 g/mol. The van der Waals surface area contributed by atoms with E-state index in [-0.39, 0.29) is 11.5 Å². The Bertz CT molecular complexity index is 942. The highest BCUT2D eigenvalue weighted by atomic mass is 19.1. The number of rotatable bonds is 2. The highest BCUT2D eigenvalue weighted by Gasteiger charge is 2.23. The fraction of sp³-hybridized carbons (Fsp3) is 0.333. The molecule has 1 saturated heterocycles. The van der Waals surface area contributed by atoms with Crippen LogP contribution in [-0.2, 0) is 4.74 Å². The topological polar surface area (TPSA) is 60.8 Å². The second-order valence-electron chi connectivity index (χ2n) is 6.12. The Kier molecular flexibility index (Phi) is 4.09. The third kappa shape index (κ3) is 3.07. The molecule has 0 N–H and O–H groups in total. The van der Waals surface area contributed by atoms with Gasteiger partial charge in [0.25, 0.3) is 0 Å². The molecule has 0 radical (unpaired) electrons. The van der Waals surface area contributed by atoms with Crippen LogP contribution in [0.25, 0.3) is 22.4 Å². The molecule has 2 aromatic heterocycles. The lowest BCUT2D eigenvalue weighted by Gasteiger charge is -2.21. The first kappa shape index (κ1) is 16.0. The zero-order valence-electron chi connectivity index (χ0n) is 13.7. The number of fused-ring (bicyclic) bond motifs is 1. The van der Waals surface area contributed by atoms with Crippen molar-refractivity contribution in [1.29, 1.82) is 0 Å². The highest BCUT2D eigenvalue weighted by Crippen LogP contribution is 2.31. The lowest BCUT2D eigenvalue weighted by atomic mass is 9.99. The van der Waals surface area contributed by atoms with Crippen LogP contribution in [0, 0.1) is 18.6 Å². The van der Waals surface area contributed by atoms with Crippen molar-refractivity contribution >= 4 is 11.2 Å². The summed E-state index contributed by atoms with van der Waals surface area (Å²) >= 11 is 0. The van der Waals surface area contributed by atoms with E-state index in [0.717, 1.165) is 24.6 Å². The van der Waals surface area contributed by atoms with Crippen LogP contribution in [0.15, 0.2) is 24.4 Å². The van der Waals surface area contributed by atoms with Crippen molar-refractivity contribution in [2.45, 2.75) is 25.7 Å². The second-order valence-corrected chi connectivity index (χ2v) is 6.12. The van der Waals surface area contributed by atoms with Gasteiger partial charge >= 0.3 is 0 Å². The molecule has 0 bridgehead atoms. The molecule has 25 heavy (non-hydrogen) atoms. The SMILES string of the molecule is Cc1cnc2c(-c3ccc(F)cc3F)nc(C3CCOCC3)nc2n1. The molecule has 1 aromatic carbocycles.